The Labute approximate surface area is 119 Å². The quantitative estimate of drug-likeness (QED) is 0.766. The van der Waals surface area contributed by atoms with E-state index in [-0.39, 0.29) is 6.10 Å². The standard InChI is InChI=1S/C15H23N3O2/c1-10(2)20-14-9-12(3-4-13(14)15(16)19)18-11-5-7-17-8-6-11/h3-4,9-11,17-18H,5-8H2,1-2H3,(H2,16,19). The molecule has 20 heavy (non-hydrogen) atoms. The summed E-state index contributed by atoms with van der Waals surface area (Å²) in [4.78, 5) is 11.4. The number of nitrogens with two attached hydrogens (primary N) is 1. The van der Waals surface area contributed by atoms with Gasteiger partial charge in [-0.05, 0) is 51.9 Å². The van der Waals surface area contributed by atoms with E-state index in [1.54, 1.807) is 6.07 Å². The molecule has 5 nitrogen and oxygen atoms in total. The Hall–Kier alpha value is -1.75. The summed E-state index contributed by atoms with van der Waals surface area (Å²) in [5, 5.41) is 6.82. The third kappa shape index (κ3) is 3.87. The van der Waals surface area contributed by atoms with Crippen LogP contribution >= 0.6 is 0 Å². The number of carbonyl (C=O) groups is 1. The summed E-state index contributed by atoms with van der Waals surface area (Å²) in [5.74, 6) is 0.0838. The molecule has 2 rings (SSSR count). The first-order valence-corrected chi connectivity index (χ1v) is 7.14. The van der Waals surface area contributed by atoms with Gasteiger partial charge in [0.15, 0.2) is 0 Å². The molecule has 1 aromatic rings. The van der Waals surface area contributed by atoms with E-state index in [9.17, 15) is 4.79 Å². The molecule has 4 N–H and O–H groups in total. The predicted octanol–water partition coefficient (Wildman–Crippen LogP) is 1.74. The lowest BCUT2D eigenvalue weighted by molar-refractivity contribution is 0.0994. The molecule has 0 radical (unpaired) electrons. The molecule has 1 aliphatic rings. The molecule has 0 bridgehead atoms. The third-order valence-electron chi connectivity index (χ3n) is 3.32. The summed E-state index contributed by atoms with van der Waals surface area (Å²) >= 11 is 0. The highest BCUT2D eigenvalue weighted by Gasteiger charge is 2.15. The molecule has 0 atom stereocenters. The zero-order valence-electron chi connectivity index (χ0n) is 12.1. The normalized spacial score (nSPS) is 16.1. The van der Waals surface area contributed by atoms with E-state index in [1.165, 1.54) is 0 Å². The molecule has 5 heteroatoms. The van der Waals surface area contributed by atoms with Crippen molar-refractivity contribution >= 4 is 11.6 Å². The van der Waals surface area contributed by atoms with Crippen molar-refractivity contribution in [3.05, 3.63) is 23.8 Å². The van der Waals surface area contributed by atoms with E-state index in [4.69, 9.17) is 10.5 Å². The second-order valence-corrected chi connectivity index (χ2v) is 5.41. The number of nitrogens with one attached hydrogen (secondary N) is 2. The molecule has 1 amide bonds. The first-order chi connectivity index (χ1) is 9.56. The van der Waals surface area contributed by atoms with Crippen molar-refractivity contribution < 1.29 is 9.53 Å². The Morgan fingerprint density at radius 2 is 2.10 bits per heavy atom. The van der Waals surface area contributed by atoms with E-state index in [2.05, 4.69) is 10.6 Å². The monoisotopic (exact) mass is 277 g/mol. The number of benzene rings is 1. The molecule has 1 aliphatic heterocycles. The van der Waals surface area contributed by atoms with Gasteiger partial charge >= 0.3 is 0 Å². The van der Waals surface area contributed by atoms with Crippen LogP contribution in [0.2, 0.25) is 0 Å². The van der Waals surface area contributed by atoms with Crippen LogP contribution in [-0.2, 0) is 0 Å². The van der Waals surface area contributed by atoms with Gasteiger partial charge in [0.2, 0.25) is 0 Å². The van der Waals surface area contributed by atoms with Gasteiger partial charge in [-0.15, -0.1) is 0 Å². The number of rotatable bonds is 5. The van der Waals surface area contributed by atoms with Gasteiger partial charge < -0.3 is 21.1 Å². The maximum Gasteiger partial charge on any atom is 0.252 e. The molecule has 0 spiro atoms. The lowest BCUT2D eigenvalue weighted by atomic mass is 10.1. The summed E-state index contributed by atoms with van der Waals surface area (Å²) in [5.41, 5.74) is 6.77. The molecule has 1 saturated heterocycles. The van der Waals surface area contributed by atoms with Gasteiger partial charge in [-0.25, -0.2) is 0 Å². The highest BCUT2D eigenvalue weighted by Crippen LogP contribution is 2.25. The van der Waals surface area contributed by atoms with Crippen LogP contribution in [0.15, 0.2) is 18.2 Å². The van der Waals surface area contributed by atoms with Gasteiger partial charge in [0, 0.05) is 17.8 Å². The maximum absolute atomic E-state index is 11.4. The van der Waals surface area contributed by atoms with Crippen LogP contribution in [0.1, 0.15) is 37.0 Å². The third-order valence-corrected chi connectivity index (χ3v) is 3.32. The molecule has 0 aliphatic carbocycles. The summed E-state index contributed by atoms with van der Waals surface area (Å²) in [6.45, 7) is 5.92. The van der Waals surface area contributed by atoms with Crippen LogP contribution in [0.3, 0.4) is 0 Å². The molecule has 0 saturated carbocycles. The number of carbonyl (C=O) groups excluding carboxylic acids is 1. The second-order valence-electron chi connectivity index (χ2n) is 5.41. The Bertz CT molecular complexity index is 468. The fourth-order valence-corrected chi connectivity index (χ4v) is 2.37. The molecule has 110 valence electrons. The van der Waals surface area contributed by atoms with Crippen LogP contribution < -0.4 is 21.1 Å². The molecular weight excluding hydrogens is 254 g/mol. The summed E-state index contributed by atoms with van der Waals surface area (Å²) in [7, 11) is 0. The number of ether oxygens (including phenoxy) is 1. The van der Waals surface area contributed by atoms with E-state index in [0.717, 1.165) is 31.6 Å². The molecule has 0 aromatic heterocycles. The minimum Gasteiger partial charge on any atom is -0.490 e. The summed E-state index contributed by atoms with van der Waals surface area (Å²) in [6.07, 6.45) is 2.19. The van der Waals surface area contributed by atoms with Crippen molar-refractivity contribution in [2.45, 2.75) is 38.8 Å². The molecule has 0 unspecified atom stereocenters. The lowest BCUT2D eigenvalue weighted by Crippen LogP contribution is -2.35. The van der Waals surface area contributed by atoms with Gasteiger partial charge in [0.25, 0.3) is 5.91 Å². The fraction of sp³-hybridized carbons (Fsp3) is 0.533. The van der Waals surface area contributed by atoms with E-state index in [1.807, 2.05) is 26.0 Å². The van der Waals surface area contributed by atoms with Gasteiger partial charge in [0.05, 0.1) is 11.7 Å². The average Bonchev–Trinajstić information content (AvgIpc) is 2.39. The Morgan fingerprint density at radius 1 is 1.40 bits per heavy atom. The first kappa shape index (κ1) is 14.7. The maximum atomic E-state index is 11.4. The highest BCUT2D eigenvalue weighted by atomic mass is 16.5. The fourth-order valence-electron chi connectivity index (χ4n) is 2.37. The Morgan fingerprint density at radius 3 is 2.70 bits per heavy atom. The number of anilines is 1. The average molecular weight is 277 g/mol. The number of piperidine rings is 1. The molecule has 1 aromatic carbocycles. The van der Waals surface area contributed by atoms with Crippen molar-refractivity contribution in [2.24, 2.45) is 5.73 Å². The number of hydrogen-bond acceptors (Lipinski definition) is 4. The van der Waals surface area contributed by atoms with Gasteiger partial charge in [-0.2, -0.15) is 0 Å². The van der Waals surface area contributed by atoms with Crippen LogP contribution in [-0.4, -0.2) is 31.1 Å². The molecule has 1 fully saturated rings. The highest BCUT2D eigenvalue weighted by molar-refractivity contribution is 5.96. The van der Waals surface area contributed by atoms with E-state index in [0.29, 0.717) is 17.4 Å². The Balaban J connectivity index is 2.15. The number of amides is 1. The molecule has 1 heterocycles. The first-order valence-electron chi connectivity index (χ1n) is 7.14. The van der Waals surface area contributed by atoms with E-state index >= 15 is 0 Å². The summed E-state index contributed by atoms with van der Waals surface area (Å²) < 4.78 is 5.68. The molecular formula is C15H23N3O2. The van der Waals surface area contributed by atoms with Crippen molar-refractivity contribution in [1.82, 2.24) is 5.32 Å². The Kier molecular flexibility index (Phi) is 4.84. The van der Waals surface area contributed by atoms with Crippen LogP contribution in [0.25, 0.3) is 0 Å². The van der Waals surface area contributed by atoms with Crippen molar-refractivity contribution in [1.29, 1.82) is 0 Å². The van der Waals surface area contributed by atoms with Crippen LogP contribution in [0.5, 0.6) is 5.75 Å². The van der Waals surface area contributed by atoms with Crippen molar-refractivity contribution in [2.75, 3.05) is 18.4 Å². The van der Waals surface area contributed by atoms with Gasteiger partial charge in [0.1, 0.15) is 5.75 Å². The number of hydrogen-bond donors (Lipinski definition) is 3. The zero-order valence-corrected chi connectivity index (χ0v) is 12.1. The minimum atomic E-state index is -0.464. The van der Waals surface area contributed by atoms with Gasteiger partial charge in [-0.3, -0.25) is 4.79 Å². The zero-order chi connectivity index (χ0) is 14.5. The van der Waals surface area contributed by atoms with Crippen LogP contribution in [0, 0.1) is 0 Å². The predicted molar refractivity (Wildman–Crippen MR) is 80.2 cm³/mol. The van der Waals surface area contributed by atoms with Crippen molar-refractivity contribution in [3.8, 4) is 5.75 Å². The second kappa shape index (κ2) is 6.61. The minimum absolute atomic E-state index is 0.00207. The van der Waals surface area contributed by atoms with Crippen molar-refractivity contribution in [3.63, 3.8) is 0 Å². The SMILES string of the molecule is CC(C)Oc1cc(NC2CCNCC2)ccc1C(N)=O. The summed E-state index contributed by atoms with van der Waals surface area (Å²) in [6, 6.07) is 5.93. The van der Waals surface area contributed by atoms with E-state index < -0.39 is 5.91 Å². The smallest absolute Gasteiger partial charge is 0.252 e. The topological polar surface area (TPSA) is 76.4 Å². The lowest BCUT2D eigenvalue weighted by Gasteiger charge is -2.25. The number of primary amides is 1. The van der Waals surface area contributed by atoms with Crippen LogP contribution in [0.4, 0.5) is 5.69 Å². The largest absolute Gasteiger partial charge is 0.490 e. The van der Waals surface area contributed by atoms with Gasteiger partial charge in [-0.1, -0.05) is 0 Å².